The van der Waals surface area contributed by atoms with Crippen LogP contribution in [-0.4, -0.2) is 11.9 Å². The van der Waals surface area contributed by atoms with Crippen molar-refractivity contribution in [1.29, 1.82) is 0 Å². The van der Waals surface area contributed by atoms with Gasteiger partial charge in [0.25, 0.3) is 0 Å². The first-order valence-corrected chi connectivity index (χ1v) is 6.24. The first-order chi connectivity index (χ1) is 8.16. The summed E-state index contributed by atoms with van der Waals surface area (Å²) in [6.45, 7) is 1.55. The number of hydrogen-bond acceptors (Lipinski definition) is 3. The number of anilines is 1. The van der Waals surface area contributed by atoms with Crippen molar-refractivity contribution in [3.05, 3.63) is 23.8 Å². The zero-order valence-corrected chi connectivity index (χ0v) is 10.2. The minimum atomic E-state index is 0.0403. The van der Waals surface area contributed by atoms with Gasteiger partial charge in [0, 0.05) is 5.56 Å². The minimum absolute atomic E-state index is 0.0403. The SMILES string of the molecule is CC(=O)c1ccc(N)c(OC2CCCCC2)c1. The van der Waals surface area contributed by atoms with E-state index >= 15 is 0 Å². The standard InChI is InChI=1S/C14H19NO2/c1-10(16)11-7-8-13(15)14(9-11)17-12-5-3-2-4-6-12/h7-9,12H,2-6,15H2,1H3. The Morgan fingerprint density at radius 3 is 2.65 bits per heavy atom. The average Bonchev–Trinajstić information content (AvgIpc) is 2.33. The maximum atomic E-state index is 11.3. The average molecular weight is 233 g/mol. The summed E-state index contributed by atoms with van der Waals surface area (Å²) in [5, 5.41) is 0. The Hall–Kier alpha value is -1.51. The number of nitrogen functional groups attached to an aromatic ring is 1. The molecule has 1 fully saturated rings. The minimum Gasteiger partial charge on any atom is -0.488 e. The van der Waals surface area contributed by atoms with Crippen molar-refractivity contribution in [2.75, 3.05) is 5.73 Å². The molecule has 3 heteroatoms. The van der Waals surface area contributed by atoms with Gasteiger partial charge in [-0.05, 0) is 50.8 Å². The molecule has 0 aromatic heterocycles. The van der Waals surface area contributed by atoms with E-state index in [0.717, 1.165) is 12.8 Å². The molecule has 2 rings (SSSR count). The highest BCUT2D eigenvalue weighted by atomic mass is 16.5. The molecule has 0 spiro atoms. The van der Waals surface area contributed by atoms with Crippen molar-refractivity contribution < 1.29 is 9.53 Å². The van der Waals surface area contributed by atoms with E-state index in [1.807, 2.05) is 0 Å². The summed E-state index contributed by atoms with van der Waals surface area (Å²) in [6, 6.07) is 5.24. The van der Waals surface area contributed by atoms with E-state index in [4.69, 9.17) is 10.5 Å². The molecule has 0 saturated heterocycles. The molecule has 1 aromatic carbocycles. The number of Topliss-reactive ketones (excluding diaryl/α,β-unsaturated/α-hetero) is 1. The van der Waals surface area contributed by atoms with Gasteiger partial charge in [-0.2, -0.15) is 0 Å². The van der Waals surface area contributed by atoms with Crippen LogP contribution in [-0.2, 0) is 0 Å². The number of rotatable bonds is 3. The van der Waals surface area contributed by atoms with Gasteiger partial charge in [0.2, 0.25) is 0 Å². The van der Waals surface area contributed by atoms with Crippen molar-refractivity contribution in [1.82, 2.24) is 0 Å². The van der Waals surface area contributed by atoms with Crippen LogP contribution < -0.4 is 10.5 Å². The van der Waals surface area contributed by atoms with E-state index in [0.29, 0.717) is 17.0 Å². The Balaban J connectivity index is 2.13. The van der Waals surface area contributed by atoms with E-state index in [9.17, 15) is 4.79 Å². The van der Waals surface area contributed by atoms with Crippen molar-refractivity contribution in [2.24, 2.45) is 0 Å². The van der Waals surface area contributed by atoms with Gasteiger partial charge in [-0.3, -0.25) is 4.79 Å². The van der Waals surface area contributed by atoms with E-state index in [-0.39, 0.29) is 11.9 Å². The molecule has 1 aliphatic rings. The van der Waals surface area contributed by atoms with Crippen LogP contribution in [0.1, 0.15) is 49.4 Å². The molecule has 17 heavy (non-hydrogen) atoms. The van der Waals surface area contributed by atoms with Gasteiger partial charge < -0.3 is 10.5 Å². The molecule has 0 unspecified atom stereocenters. The number of hydrogen-bond donors (Lipinski definition) is 1. The topological polar surface area (TPSA) is 52.3 Å². The summed E-state index contributed by atoms with van der Waals surface area (Å²) >= 11 is 0. The molecule has 2 N–H and O–H groups in total. The monoisotopic (exact) mass is 233 g/mol. The molecule has 0 radical (unpaired) electrons. The number of carbonyl (C=O) groups is 1. The Morgan fingerprint density at radius 1 is 1.29 bits per heavy atom. The van der Waals surface area contributed by atoms with E-state index < -0.39 is 0 Å². The third-order valence-electron chi connectivity index (χ3n) is 3.27. The lowest BCUT2D eigenvalue weighted by Gasteiger charge is -2.23. The van der Waals surface area contributed by atoms with Crippen molar-refractivity contribution in [3.8, 4) is 5.75 Å². The fourth-order valence-corrected chi connectivity index (χ4v) is 2.22. The summed E-state index contributed by atoms with van der Waals surface area (Å²) in [5.41, 5.74) is 7.14. The molecular weight excluding hydrogens is 214 g/mol. The van der Waals surface area contributed by atoms with E-state index in [1.54, 1.807) is 25.1 Å². The maximum absolute atomic E-state index is 11.3. The van der Waals surface area contributed by atoms with Crippen LogP contribution in [0.4, 0.5) is 5.69 Å². The highest BCUT2D eigenvalue weighted by Crippen LogP contribution is 2.28. The van der Waals surface area contributed by atoms with E-state index in [1.165, 1.54) is 19.3 Å². The number of carbonyl (C=O) groups excluding carboxylic acids is 1. The zero-order valence-electron chi connectivity index (χ0n) is 10.2. The number of benzene rings is 1. The molecule has 3 nitrogen and oxygen atoms in total. The third-order valence-corrected chi connectivity index (χ3v) is 3.27. The number of ether oxygens (including phenoxy) is 1. The molecule has 0 amide bonds. The van der Waals surface area contributed by atoms with Crippen LogP contribution in [0.15, 0.2) is 18.2 Å². The lowest BCUT2D eigenvalue weighted by molar-refractivity contribution is 0.101. The summed E-state index contributed by atoms with van der Waals surface area (Å²) in [5.74, 6) is 0.697. The van der Waals surface area contributed by atoms with Gasteiger partial charge >= 0.3 is 0 Å². The third kappa shape index (κ3) is 2.99. The summed E-state index contributed by atoms with van der Waals surface area (Å²) < 4.78 is 5.90. The summed E-state index contributed by atoms with van der Waals surface area (Å²) in [4.78, 5) is 11.3. The molecule has 0 aliphatic heterocycles. The van der Waals surface area contributed by atoms with Gasteiger partial charge in [-0.25, -0.2) is 0 Å². The van der Waals surface area contributed by atoms with Crippen LogP contribution in [0.5, 0.6) is 5.75 Å². The summed E-state index contributed by atoms with van der Waals surface area (Å²) in [6.07, 6.45) is 6.16. The lowest BCUT2D eigenvalue weighted by atomic mass is 9.98. The molecule has 92 valence electrons. The second kappa shape index (κ2) is 5.21. The molecule has 1 saturated carbocycles. The second-order valence-electron chi connectivity index (χ2n) is 4.69. The number of nitrogens with two attached hydrogens (primary N) is 1. The molecule has 1 aliphatic carbocycles. The Labute approximate surface area is 102 Å². The van der Waals surface area contributed by atoms with Gasteiger partial charge in [-0.15, -0.1) is 0 Å². The largest absolute Gasteiger partial charge is 0.488 e. The van der Waals surface area contributed by atoms with Crippen molar-refractivity contribution in [2.45, 2.75) is 45.1 Å². The molecule has 0 bridgehead atoms. The second-order valence-corrected chi connectivity index (χ2v) is 4.69. The maximum Gasteiger partial charge on any atom is 0.159 e. The fraction of sp³-hybridized carbons (Fsp3) is 0.500. The van der Waals surface area contributed by atoms with Crippen LogP contribution in [0.3, 0.4) is 0 Å². The fourth-order valence-electron chi connectivity index (χ4n) is 2.22. The predicted octanol–water partition coefficient (Wildman–Crippen LogP) is 3.18. The Bertz CT molecular complexity index is 409. The van der Waals surface area contributed by atoms with Crippen LogP contribution in [0.2, 0.25) is 0 Å². The highest BCUT2D eigenvalue weighted by molar-refractivity contribution is 5.95. The Morgan fingerprint density at radius 2 is 2.00 bits per heavy atom. The molecule has 1 aromatic rings. The molecule has 0 atom stereocenters. The van der Waals surface area contributed by atoms with Crippen LogP contribution >= 0.6 is 0 Å². The van der Waals surface area contributed by atoms with Gasteiger partial charge in [0.1, 0.15) is 5.75 Å². The van der Waals surface area contributed by atoms with Gasteiger partial charge in [0.05, 0.1) is 11.8 Å². The quantitative estimate of drug-likeness (QED) is 0.644. The van der Waals surface area contributed by atoms with Crippen molar-refractivity contribution in [3.63, 3.8) is 0 Å². The zero-order chi connectivity index (χ0) is 12.3. The van der Waals surface area contributed by atoms with Gasteiger partial charge in [-0.1, -0.05) is 6.42 Å². The Kier molecular flexibility index (Phi) is 3.67. The normalized spacial score (nSPS) is 16.8. The predicted molar refractivity (Wildman–Crippen MR) is 68.4 cm³/mol. The number of ketones is 1. The molecule has 0 heterocycles. The lowest BCUT2D eigenvalue weighted by Crippen LogP contribution is -2.20. The summed E-state index contributed by atoms with van der Waals surface area (Å²) in [7, 11) is 0. The molecular formula is C14H19NO2. The van der Waals surface area contributed by atoms with Crippen LogP contribution in [0, 0.1) is 0 Å². The van der Waals surface area contributed by atoms with Crippen molar-refractivity contribution >= 4 is 11.5 Å². The highest BCUT2D eigenvalue weighted by Gasteiger charge is 2.16. The first kappa shape index (κ1) is 12.0. The smallest absolute Gasteiger partial charge is 0.159 e. The van der Waals surface area contributed by atoms with Gasteiger partial charge in [0.15, 0.2) is 5.78 Å². The first-order valence-electron chi connectivity index (χ1n) is 6.24. The van der Waals surface area contributed by atoms with E-state index in [2.05, 4.69) is 0 Å². The van der Waals surface area contributed by atoms with Crippen LogP contribution in [0.25, 0.3) is 0 Å².